The Morgan fingerprint density at radius 1 is 1.37 bits per heavy atom. The maximum Gasteiger partial charge on any atom is 0.416 e. The Morgan fingerprint density at radius 2 is 2.00 bits per heavy atom. The summed E-state index contributed by atoms with van der Waals surface area (Å²) in [5.74, 6) is -1.16. The van der Waals surface area contributed by atoms with Crippen molar-refractivity contribution in [3.05, 3.63) is 35.4 Å². The quantitative estimate of drug-likeness (QED) is 0.868. The molecule has 1 unspecified atom stereocenters. The SMILES string of the molecule is CC(C)C(NCc1cccc(C(F)(F)F)c1)C(=O)O. The number of hydrogen-bond acceptors (Lipinski definition) is 2. The monoisotopic (exact) mass is 275 g/mol. The first-order valence-electron chi connectivity index (χ1n) is 5.84. The molecule has 0 saturated heterocycles. The predicted molar refractivity (Wildman–Crippen MR) is 64.5 cm³/mol. The molecular formula is C13H16F3NO2. The number of nitrogens with one attached hydrogen (secondary N) is 1. The Morgan fingerprint density at radius 3 is 2.47 bits per heavy atom. The average molecular weight is 275 g/mol. The second-order valence-corrected chi connectivity index (χ2v) is 4.64. The van der Waals surface area contributed by atoms with E-state index in [1.807, 2.05) is 0 Å². The minimum Gasteiger partial charge on any atom is -0.480 e. The molecule has 0 spiro atoms. The molecule has 19 heavy (non-hydrogen) atoms. The third kappa shape index (κ3) is 4.55. The number of hydrogen-bond donors (Lipinski definition) is 2. The lowest BCUT2D eigenvalue weighted by Crippen LogP contribution is -2.40. The summed E-state index contributed by atoms with van der Waals surface area (Å²) in [7, 11) is 0. The summed E-state index contributed by atoms with van der Waals surface area (Å²) in [6, 6.07) is 4.06. The number of carboxylic acid groups (broad SMARTS) is 1. The van der Waals surface area contributed by atoms with Crippen LogP contribution in [0.25, 0.3) is 0 Å². The van der Waals surface area contributed by atoms with Gasteiger partial charge in [0.25, 0.3) is 0 Å². The molecule has 0 aliphatic heterocycles. The molecule has 1 aromatic rings. The molecule has 0 bridgehead atoms. The fourth-order valence-corrected chi connectivity index (χ4v) is 1.69. The summed E-state index contributed by atoms with van der Waals surface area (Å²) in [5, 5.41) is 11.7. The minimum atomic E-state index is -4.39. The smallest absolute Gasteiger partial charge is 0.416 e. The molecule has 0 aliphatic rings. The van der Waals surface area contributed by atoms with Gasteiger partial charge >= 0.3 is 12.1 Å². The van der Waals surface area contributed by atoms with Gasteiger partial charge in [-0.1, -0.05) is 32.0 Å². The molecule has 1 aromatic carbocycles. The third-order valence-corrected chi connectivity index (χ3v) is 2.71. The molecule has 1 rings (SSSR count). The molecule has 3 nitrogen and oxygen atoms in total. The molecular weight excluding hydrogens is 259 g/mol. The number of carbonyl (C=O) groups is 1. The molecule has 0 heterocycles. The lowest BCUT2D eigenvalue weighted by atomic mass is 10.0. The van der Waals surface area contributed by atoms with Gasteiger partial charge in [0.15, 0.2) is 0 Å². The van der Waals surface area contributed by atoms with Crippen LogP contribution in [0, 0.1) is 5.92 Å². The summed E-state index contributed by atoms with van der Waals surface area (Å²) in [6.07, 6.45) is -4.39. The van der Waals surface area contributed by atoms with Gasteiger partial charge in [-0.25, -0.2) is 0 Å². The molecule has 0 radical (unpaired) electrons. The molecule has 0 aliphatic carbocycles. The van der Waals surface area contributed by atoms with Crippen LogP contribution in [-0.4, -0.2) is 17.1 Å². The Balaban J connectivity index is 2.75. The standard InChI is InChI=1S/C13H16F3NO2/c1-8(2)11(12(18)19)17-7-9-4-3-5-10(6-9)13(14,15)16/h3-6,8,11,17H,7H2,1-2H3,(H,18,19). The van der Waals surface area contributed by atoms with Gasteiger partial charge in [-0.05, 0) is 17.5 Å². The molecule has 1 atom stereocenters. The third-order valence-electron chi connectivity index (χ3n) is 2.71. The number of benzene rings is 1. The Kier molecular flexibility index (Phi) is 4.94. The molecule has 0 saturated carbocycles. The maximum absolute atomic E-state index is 12.5. The van der Waals surface area contributed by atoms with Gasteiger partial charge < -0.3 is 10.4 Å². The van der Waals surface area contributed by atoms with Crippen molar-refractivity contribution in [1.29, 1.82) is 0 Å². The van der Waals surface area contributed by atoms with Crippen LogP contribution < -0.4 is 5.32 Å². The fourth-order valence-electron chi connectivity index (χ4n) is 1.69. The first kappa shape index (κ1) is 15.5. The van der Waals surface area contributed by atoms with E-state index in [0.717, 1.165) is 12.1 Å². The molecule has 0 fully saturated rings. The Bertz CT molecular complexity index is 444. The van der Waals surface area contributed by atoms with Crippen molar-refractivity contribution in [2.45, 2.75) is 32.6 Å². The summed E-state index contributed by atoms with van der Waals surface area (Å²) in [5.41, 5.74) is -0.329. The minimum absolute atomic E-state index is 0.0824. The van der Waals surface area contributed by atoms with E-state index >= 15 is 0 Å². The summed E-state index contributed by atoms with van der Waals surface area (Å²) >= 11 is 0. The predicted octanol–water partition coefficient (Wildman–Crippen LogP) is 2.90. The highest BCUT2D eigenvalue weighted by atomic mass is 19.4. The van der Waals surface area contributed by atoms with Crippen molar-refractivity contribution >= 4 is 5.97 Å². The number of rotatable bonds is 5. The lowest BCUT2D eigenvalue weighted by molar-refractivity contribution is -0.141. The first-order valence-corrected chi connectivity index (χ1v) is 5.84. The van der Waals surface area contributed by atoms with Crippen LogP contribution in [0.1, 0.15) is 25.0 Å². The first-order chi connectivity index (χ1) is 8.71. The van der Waals surface area contributed by atoms with Gasteiger partial charge in [-0.3, -0.25) is 4.79 Å². The molecule has 106 valence electrons. The van der Waals surface area contributed by atoms with Crippen molar-refractivity contribution in [3.8, 4) is 0 Å². The lowest BCUT2D eigenvalue weighted by Gasteiger charge is -2.18. The van der Waals surface area contributed by atoms with Crippen LogP contribution in [0.2, 0.25) is 0 Å². The zero-order valence-electron chi connectivity index (χ0n) is 10.7. The topological polar surface area (TPSA) is 49.3 Å². The highest BCUT2D eigenvalue weighted by molar-refractivity contribution is 5.73. The van der Waals surface area contributed by atoms with Gasteiger partial charge in [0.2, 0.25) is 0 Å². The number of carboxylic acids is 1. The van der Waals surface area contributed by atoms with Crippen LogP contribution in [0.5, 0.6) is 0 Å². The number of halogens is 3. The van der Waals surface area contributed by atoms with Gasteiger partial charge in [0.05, 0.1) is 5.56 Å². The van der Waals surface area contributed by atoms with Crippen molar-refractivity contribution in [2.24, 2.45) is 5.92 Å². The largest absolute Gasteiger partial charge is 0.480 e. The van der Waals surface area contributed by atoms with Crippen molar-refractivity contribution in [1.82, 2.24) is 5.32 Å². The van der Waals surface area contributed by atoms with Crippen molar-refractivity contribution in [2.75, 3.05) is 0 Å². The van der Waals surface area contributed by atoms with E-state index in [1.54, 1.807) is 13.8 Å². The van der Waals surface area contributed by atoms with Gasteiger partial charge in [0.1, 0.15) is 6.04 Å². The van der Waals surface area contributed by atoms with Gasteiger partial charge in [-0.2, -0.15) is 13.2 Å². The maximum atomic E-state index is 12.5. The molecule has 0 aromatic heterocycles. The second-order valence-electron chi connectivity index (χ2n) is 4.64. The summed E-state index contributed by atoms with van der Waals surface area (Å²) in [4.78, 5) is 10.9. The average Bonchev–Trinajstić information content (AvgIpc) is 2.27. The van der Waals surface area contributed by atoms with E-state index in [1.165, 1.54) is 12.1 Å². The summed E-state index contributed by atoms with van der Waals surface area (Å²) < 4.78 is 37.5. The van der Waals surface area contributed by atoms with Crippen LogP contribution in [0.3, 0.4) is 0 Å². The van der Waals surface area contributed by atoms with Crippen LogP contribution >= 0.6 is 0 Å². The normalized spacial score (nSPS) is 13.6. The zero-order chi connectivity index (χ0) is 14.6. The van der Waals surface area contributed by atoms with Crippen LogP contribution in [0.4, 0.5) is 13.2 Å². The molecule has 0 amide bonds. The van der Waals surface area contributed by atoms with Crippen LogP contribution in [-0.2, 0) is 17.5 Å². The summed E-state index contributed by atoms with van der Waals surface area (Å²) in [6.45, 7) is 3.55. The van der Waals surface area contributed by atoms with Crippen molar-refractivity contribution < 1.29 is 23.1 Å². The number of alkyl halides is 3. The highest BCUT2D eigenvalue weighted by Crippen LogP contribution is 2.29. The molecule has 2 N–H and O–H groups in total. The highest BCUT2D eigenvalue weighted by Gasteiger charge is 2.30. The zero-order valence-corrected chi connectivity index (χ0v) is 10.7. The van der Waals surface area contributed by atoms with E-state index in [0.29, 0.717) is 5.56 Å². The van der Waals surface area contributed by atoms with Gasteiger partial charge in [-0.15, -0.1) is 0 Å². The van der Waals surface area contributed by atoms with E-state index < -0.39 is 23.8 Å². The second kappa shape index (κ2) is 6.06. The molecule has 6 heteroatoms. The number of aliphatic carboxylic acids is 1. The Hall–Kier alpha value is -1.56. The van der Waals surface area contributed by atoms with Crippen molar-refractivity contribution in [3.63, 3.8) is 0 Å². The van der Waals surface area contributed by atoms with Gasteiger partial charge in [0, 0.05) is 6.54 Å². The van der Waals surface area contributed by atoms with Crippen LogP contribution in [0.15, 0.2) is 24.3 Å². The van der Waals surface area contributed by atoms with E-state index in [4.69, 9.17) is 5.11 Å². The fraction of sp³-hybridized carbons (Fsp3) is 0.462. The van der Waals surface area contributed by atoms with E-state index in [9.17, 15) is 18.0 Å². The Labute approximate surface area is 109 Å². The van der Waals surface area contributed by atoms with E-state index in [2.05, 4.69) is 5.32 Å². The van der Waals surface area contributed by atoms with E-state index in [-0.39, 0.29) is 12.5 Å².